The van der Waals surface area contributed by atoms with E-state index in [1.165, 1.54) is 25.1 Å². The van der Waals surface area contributed by atoms with Gasteiger partial charge in [0.2, 0.25) is 0 Å². The van der Waals surface area contributed by atoms with Crippen LogP contribution in [0.2, 0.25) is 10.0 Å². The highest BCUT2D eigenvalue weighted by Gasteiger charge is 2.26. The number of alkyl carbamates (subject to hydrolysis) is 1. The summed E-state index contributed by atoms with van der Waals surface area (Å²) in [6.07, 6.45) is 0.892. The molecule has 8 nitrogen and oxygen atoms in total. The van der Waals surface area contributed by atoms with Gasteiger partial charge in [0.05, 0.1) is 17.6 Å². The van der Waals surface area contributed by atoms with Crippen LogP contribution in [0.4, 0.5) is 4.79 Å². The number of hydrogen-bond donors (Lipinski definition) is 3. The van der Waals surface area contributed by atoms with Crippen LogP contribution in [0.5, 0.6) is 0 Å². The summed E-state index contributed by atoms with van der Waals surface area (Å²) in [6, 6.07) is 14.1. The number of carbonyl (C=O) groups excluding carboxylic acids is 2. The molecule has 2 aromatic carbocycles. The number of nitrogens with one attached hydrogen (secondary N) is 1. The normalized spacial score (nSPS) is 11.9. The molecule has 2 amide bonds. The van der Waals surface area contributed by atoms with Crippen LogP contribution in [-0.4, -0.2) is 60.7 Å². The predicted molar refractivity (Wildman–Crippen MR) is 131 cm³/mol. The Labute approximate surface area is 208 Å². The third kappa shape index (κ3) is 7.78. The van der Waals surface area contributed by atoms with E-state index >= 15 is 0 Å². The second kappa shape index (κ2) is 13.0. The fourth-order valence-electron chi connectivity index (χ4n) is 3.03. The minimum atomic E-state index is -1.78. The van der Waals surface area contributed by atoms with Crippen LogP contribution in [0.3, 0.4) is 0 Å². The molecular weight excluding hydrogens is 480 g/mol. The van der Waals surface area contributed by atoms with Gasteiger partial charge in [-0.3, -0.25) is 4.79 Å². The molecule has 0 saturated heterocycles. The molecule has 0 fully saturated rings. The lowest BCUT2D eigenvalue weighted by Gasteiger charge is -2.18. The molecule has 0 spiro atoms. The fourth-order valence-corrected chi connectivity index (χ4v) is 3.65. The molecule has 0 heterocycles. The van der Waals surface area contributed by atoms with Crippen LogP contribution < -0.4 is 5.32 Å². The summed E-state index contributed by atoms with van der Waals surface area (Å²) in [4.78, 5) is 25.6. The molecule has 2 rings (SSSR count). The summed E-state index contributed by atoms with van der Waals surface area (Å²) in [5.74, 6) is -1.43. The van der Waals surface area contributed by atoms with Crippen LogP contribution in [0.15, 0.2) is 48.0 Å². The summed E-state index contributed by atoms with van der Waals surface area (Å²) in [5.41, 5.74) is 1.61. The molecule has 0 radical (unpaired) electrons. The number of rotatable bonds is 9. The molecule has 0 saturated carbocycles. The Bertz CT molecular complexity index is 1090. The van der Waals surface area contributed by atoms with Gasteiger partial charge >= 0.3 is 13.2 Å². The number of carbonyl (C=O) groups is 2. The van der Waals surface area contributed by atoms with Gasteiger partial charge in [-0.15, -0.1) is 0 Å². The zero-order valence-electron chi connectivity index (χ0n) is 18.7. The van der Waals surface area contributed by atoms with Crippen molar-refractivity contribution in [1.82, 2.24) is 10.2 Å². The van der Waals surface area contributed by atoms with Gasteiger partial charge in [-0.2, -0.15) is 5.26 Å². The Morgan fingerprint density at radius 1 is 1.21 bits per heavy atom. The maximum Gasteiger partial charge on any atom is 0.475 e. The topological polar surface area (TPSA) is 123 Å². The van der Waals surface area contributed by atoms with E-state index in [-0.39, 0.29) is 30.0 Å². The molecule has 0 bridgehead atoms. The molecule has 0 aliphatic carbocycles. The Kier molecular flexibility index (Phi) is 10.4. The van der Waals surface area contributed by atoms with Gasteiger partial charge in [-0.1, -0.05) is 59.6 Å². The first kappa shape index (κ1) is 27.2. The van der Waals surface area contributed by atoms with Crippen LogP contribution in [0.1, 0.15) is 16.7 Å². The van der Waals surface area contributed by atoms with E-state index in [1.807, 2.05) is 12.1 Å². The molecule has 0 unspecified atom stereocenters. The largest absolute Gasteiger partial charge is 0.475 e. The van der Waals surface area contributed by atoms with E-state index in [2.05, 4.69) is 5.32 Å². The lowest BCUT2D eigenvalue weighted by atomic mass is 9.76. The first-order valence-corrected chi connectivity index (χ1v) is 11.0. The van der Waals surface area contributed by atoms with Crippen molar-refractivity contribution in [2.75, 3.05) is 20.7 Å². The summed E-state index contributed by atoms with van der Waals surface area (Å²) in [7, 11) is 1.29. The molecule has 1 atom stereocenters. The Morgan fingerprint density at radius 3 is 2.47 bits per heavy atom. The molecular formula is C23H24BCl2N3O5. The maximum absolute atomic E-state index is 12.2. The van der Waals surface area contributed by atoms with Crippen molar-refractivity contribution in [3.8, 4) is 6.07 Å². The molecule has 2 aromatic rings. The van der Waals surface area contributed by atoms with E-state index in [4.69, 9.17) is 27.9 Å². The Hall–Kier alpha value is -3.03. The van der Waals surface area contributed by atoms with Gasteiger partial charge in [0.1, 0.15) is 11.6 Å². The fraction of sp³-hybridized carbons (Fsp3) is 0.261. The molecule has 11 heteroatoms. The summed E-state index contributed by atoms with van der Waals surface area (Å²) in [5, 5.41) is 31.5. The monoisotopic (exact) mass is 503 g/mol. The number of nitriles is 1. The van der Waals surface area contributed by atoms with Gasteiger partial charge in [0, 0.05) is 25.5 Å². The number of ether oxygens (including phenoxy) is 1. The molecule has 0 aromatic heterocycles. The van der Waals surface area contributed by atoms with Crippen LogP contribution in [0.25, 0.3) is 6.08 Å². The lowest BCUT2D eigenvalue weighted by molar-refractivity contribution is -0.124. The van der Waals surface area contributed by atoms with Crippen LogP contribution >= 0.6 is 23.2 Å². The van der Waals surface area contributed by atoms with Crippen molar-refractivity contribution >= 4 is 48.4 Å². The summed E-state index contributed by atoms with van der Waals surface area (Å²) < 4.78 is 5.17. The first-order valence-electron chi connectivity index (χ1n) is 10.3. The van der Waals surface area contributed by atoms with Crippen molar-refractivity contribution < 1.29 is 24.4 Å². The maximum atomic E-state index is 12.2. The smallest absolute Gasteiger partial charge is 0.449 e. The second-order valence-corrected chi connectivity index (χ2v) is 8.32. The predicted octanol–water partition coefficient (Wildman–Crippen LogP) is 2.88. The average Bonchev–Trinajstić information content (AvgIpc) is 2.80. The van der Waals surface area contributed by atoms with Crippen molar-refractivity contribution in [3.63, 3.8) is 0 Å². The number of halogens is 2. The lowest BCUT2D eigenvalue weighted by Crippen LogP contribution is -2.48. The molecule has 0 aliphatic rings. The van der Waals surface area contributed by atoms with Gasteiger partial charge in [-0.25, -0.2) is 4.79 Å². The van der Waals surface area contributed by atoms with Crippen molar-refractivity contribution in [2.24, 2.45) is 0 Å². The van der Waals surface area contributed by atoms with Crippen molar-refractivity contribution in [3.05, 3.63) is 74.8 Å². The number of benzene rings is 2. The van der Waals surface area contributed by atoms with Crippen LogP contribution in [0, 0.1) is 11.3 Å². The van der Waals surface area contributed by atoms with E-state index in [9.17, 15) is 24.9 Å². The molecule has 178 valence electrons. The molecule has 0 aliphatic heterocycles. The SMILES string of the molecule is CN(C)C(=O)/C(C#N)=C/c1ccc(Cl)c(CCOC(=O)N[C@@H](Cc2ccccc2)B(O)O)c1Cl. The standard InChI is InChI=1S/C23H24BCl2N3O5/c1-29(2)22(30)17(14-27)13-16-8-9-19(25)18(21(16)26)10-11-34-23(31)28-20(24(32)33)12-15-6-4-3-5-7-15/h3-9,13,20,32-33H,10-12H2,1-2H3,(H,28,31)/b17-13+/t20-/m0/s1. The molecule has 3 N–H and O–H groups in total. The van der Waals surface area contributed by atoms with Crippen LogP contribution in [-0.2, 0) is 22.4 Å². The highest BCUT2D eigenvalue weighted by molar-refractivity contribution is 6.43. The first-order chi connectivity index (χ1) is 16.1. The minimum Gasteiger partial charge on any atom is -0.449 e. The van der Waals surface area contributed by atoms with E-state index in [0.717, 1.165) is 5.56 Å². The van der Waals surface area contributed by atoms with Crippen molar-refractivity contribution in [1.29, 1.82) is 5.26 Å². The number of hydrogen-bond acceptors (Lipinski definition) is 6. The third-order valence-electron chi connectivity index (χ3n) is 4.82. The van der Waals surface area contributed by atoms with Crippen molar-refractivity contribution in [2.45, 2.75) is 18.8 Å². The number of likely N-dealkylation sites (N-methyl/N-ethyl adjacent to an activating group) is 1. The van der Waals surface area contributed by atoms with Gasteiger partial charge in [0.25, 0.3) is 5.91 Å². The highest BCUT2D eigenvalue weighted by Crippen LogP contribution is 2.30. The third-order valence-corrected chi connectivity index (χ3v) is 5.62. The molecule has 34 heavy (non-hydrogen) atoms. The van der Waals surface area contributed by atoms with Gasteiger partial charge in [-0.05, 0) is 35.3 Å². The zero-order chi connectivity index (χ0) is 25.3. The van der Waals surface area contributed by atoms with E-state index in [1.54, 1.807) is 36.4 Å². The number of amides is 2. The van der Waals surface area contributed by atoms with E-state index in [0.29, 0.717) is 16.1 Å². The Morgan fingerprint density at radius 2 is 1.88 bits per heavy atom. The minimum absolute atomic E-state index is 0.0946. The zero-order valence-corrected chi connectivity index (χ0v) is 20.2. The number of nitrogens with zero attached hydrogens (tertiary/aromatic N) is 2. The summed E-state index contributed by atoms with van der Waals surface area (Å²) in [6.45, 7) is -0.0975. The van der Waals surface area contributed by atoms with E-state index < -0.39 is 25.1 Å². The van der Waals surface area contributed by atoms with Gasteiger partial charge in [0.15, 0.2) is 0 Å². The Balaban J connectivity index is 2.05. The quantitative estimate of drug-likeness (QED) is 0.274. The highest BCUT2D eigenvalue weighted by atomic mass is 35.5. The van der Waals surface area contributed by atoms with Gasteiger partial charge < -0.3 is 25.0 Å². The average molecular weight is 504 g/mol. The second-order valence-electron chi connectivity index (χ2n) is 7.54. The summed E-state index contributed by atoms with van der Waals surface area (Å²) >= 11 is 12.7.